The Balaban J connectivity index is 1.73. The molecular weight excluding hydrogens is 214 g/mol. The van der Waals surface area contributed by atoms with Gasteiger partial charge in [0.2, 0.25) is 0 Å². The summed E-state index contributed by atoms with van der Waals surface area (Å²) in [6, 6.07) is 10.3. The van der Waals surface area contributed by atoms with E-state index in [1.807, 2.05) is 36.4 Å². The van der Waals surface area contributed by atoms with Gasteiger partial charge in [-0.1, -0.05) is 18.2 Å². The largest absolute Gasteiger partial charge is 0.453 e. The number of carbonyl (C=O) groups excluding carboxylic acids is 1. The van der Waals surface area contributed by atoms with Gasteiger partial charge < -0.3 is 10.1 Å². The monoisotopic (exact) mass is 229 g/mol. The molecular formula is C14H15NO2. The number of hydrogen-bond acceptors (Lipinski definition) is 3. The molecule has 3 rings (SSSR count). The van der Waals surface area contributed by atoms with Crippen LogP contribution in [0.5, 0.6) is 0 Å². The van der Waals surface area contributed by atoms with Gasteiger partial charge >= 0.3 is 5.97 Å². The number of rotatable bonds is 4. The SMILES string of the molecule is O=C1C=CC(C(Nc2ccccc2)C2CC2)O1. The molecule has 1 saturated carbocycles. The fraction of sp³-hybridized carbons (Fsp3) is 0.357. The molecule has 0 radical (unpaired) electrons. The number of hydrogen-bond donors (Lipinski definition) is 1. The van der Waals surface area contributed by atoms with Gasteiger partial charge in [0.1, 0.15) is 6.10 Å². The molecule has 2 aliphatic rings. The molecule has 88 valence electrons. The molecule has 0 saturated heterocycles. The first-order valence-electron chi connectivity index (χ1n) is 6.03. The quantitative estimate of drug-likeness (QED) is 0.805. The van der Waals surface area contributed by atoms with Crippen LogP contribution >= 0.6 is 0 Å². The zero-order chi connectivity index (χ0) is 11.7. The lowest BCUT2D eigenvalue weighted by molar-refractivity contribution is -0.139. The summed E-state index contributed by atoms with van der Waals surface area (Å²) in [5.41, 5.74) is 1.08. The highest BCUT2D eigenvalue weighted by Crippen LogP contribution is 2.37. The molecule has 1 N–H and O–H groups in total. The number of nitrogens with one attached hydrogen (secondary N) is 1. The standard InChI is InChI=1S/C14H15NO2/c16-13-9-8-12(17-13)14(10-6-7-10)15-11-4-2-1-3-5-11/h1-5,8-10,12,14-15H,6-7H2. The fourth-order valence-corrected chi connectivity index (χ4v) is 2.23. The van der Waals surface area contributed by atoms with Gasteiger partial charge in [-0.25, -0.2) is 4.79 Å². The average Bonchev–Trinajstić information content (AvgIpc) is 3.10. The van der Waals surface area contributed by atoms with Crippen molar-refractivity contribution >= 4 is 11.7 Å². The summed E-state index contributed by atoms with van der Waals surface area (Å²) in [5, 5.41) is 3.47. The van der Waals surface area contributed by atoms with Crippen molar-refractivity contribution in [2.24, 2.45) is 5.92 Å². The Morgan fingerprint density at radius 2 is 2.00 bits per heavy atom. The van der Waals surface area contributed by atoms with Crippen LogP contribution in [0, 0.1) is 5.92 Å². The minimum atomic E-state index is -0.226. The Kier molecular flexibility index (Phi) is 2.59. The van der Waals surface area contributed by atoms with Gasteiger partial charge in [-0.15, -0.1) is 0 Å². The van der Waals surface area contributed by atoms with Crippen molar-refractivity contribution in [3.8, 4) is 0 Å². The van der Waals surface area contributed by atoms with E-state index in [4.69, 9.17) is 4.74 Å². The third-order valence-electron chi connectivity index (χ3n) is 3.27. The second-order valence-corrected chi connectivity index (χ2v) is 4.63. The van der Waals surface area contributed by atoms with Crippen LogP contribution in [0.4, 0.5) is 5.69 Å². The van der Waals surface area contributed by atoms with Crippen LogP contribution in [0.1, 0.15) is 12.8 Å². The summed E-state index contributed by atoms with van der Waals surface area (Å²) in [4.78, 5) is 11.1. The summed E-state index contributed by atoms with van der Waals surface area (Å²) in [6.07, 6.45) is 5.70. The number of carbonyl (C=O) groups is 1. The molecule has 3 nitrogen and oxygen atoms in total. The molecule has 1 aromatic rings. The Bertz CT molecular complexity index is 437. The van der Waals surface area contributed by atoms with E-state index in [9.17, 15) is 4.79 Å². The summed E-state index contributed by atoms with van der Waals surface area (Å²) >= 11 is 0. The molecule has 17 heavy (non-hydrogen) atoms. The topological polar surface area (TPSA) is 38.3 Å². The van der Waals surface area contributed by atoms with E-state index in [0.29, 0.717) is 5.92 Å². The van der Waals surface area contributed by atoms with Gasteiger partial charge in [0.15, 0.2) is 0 Å². The Hall–Kier alpha value is -1.77. The molecule has 1 fully saturated rings. The third kappa shape index (κ3) is 2.33. The van der Waals surface area contributed by atoms with Crippen molar-refractivity contribution in [1.29, 1.82) is 0 Å². The second-order valence-electron chi connectivity index (χ2n) is 4.63. The maximum absolute atomic E-state index is 11.1. The van der Waals surface area contributed by atoms with E-state index in [2.05, 4.69) is 5.32 Å². The maximum Gasteiger partial charge on any atom is 0.331 e. The minimum Gasteiger partial charge on any atom is -0.453 e. The highest BCUT2D eigenvalue weighted by Gasteiger charge is 2.38. The van der Waals surface area contributed by atoms with E-state index >= 15 is 0 Å². The van der Waals surface area contributed by atoms with Crippen molar-refractivity contribution in [3.63, 3.8) is 0 Å². The van der Waals surface area contributed by atoms with Crippen molar-refractivity contribution < 1.29 is 9.53 Å². The number of esters is 1. The first-order chi connectivity index (χ1) is 8.33. The molecule has 2 unspecified atom stereocenters. The van der Waals surface area contributed by atoms with Gasteiger partial charge in [-0.3, -0.25) is 0 Å². The molecule has 1 aliphatic carbocycles. The molecule has 0 amide bonds. The predicted molar refractivity (Wildman–Crippen MR) is 65.6 cm³/mol. The maximum atomic E-state index is 11.1. The predicted octanol–water partition coefficient (Wildman–Crippen LogP) is 2.36. The van der Waals surface area contributed by atoms with Crippen LogP contribution in [0.25, 0.3) is 0 Å². The van der Waals surface area contributed by atoms with Gasteiger partial charge in [0.05, 0.1) is 6.04 Å². The lowest BCUT2D eigenvalue weighted by Crippen LogP contribution is -2.35. The summed E-state index contributed by atoms with van der Waals surface area (Å²) in [5.74, 6) is 0.395. The molecule has 0 spiro atoms. The van der Waals surface area contributed by atoms with Crippen LogP contribution in [-0.2, 0) is 9.53 Å². The first kappa shape index (κ1) is 10.4. The molecule has 0 bridgehead atoms. The molecule has 1 aliphatic heterocycles. The van der Waals surface area contributed by atoms with E-state index < -0.39 is 0 Å². The zero-order valence-electron chi connectivity index (χ0n) is 9.50. The first-order valence-corrected chi connectivity index (χ1v) is 6.03. The molecule has 0 aromatic heterocycles. The Morgan fingerprint density at radius 1 is 1.24 bits per heavy atom. The lowest BCUT2D eigenvalue weighted by Gasteiger charge is -2.24. The smallest absolute Gasteiger partial charge is 0.331 e. The summed E-state index contributed by atoms with van der Waals surface area (Å²) in [7, 11) is 0. The number of benzene rings is 1. The third-order valence-corrected chi connectivity index (χ3v) is 3.27. The van der Waals surface area contributed by atoms with Crippen LogP contribution in [0.2, 0.25) is 0 Å². The Morgan fingerprint density at radius 3 is 2.59 bits per heavy atom. The molecule has 2 atom stereocenters. The van der Waals surface area contributed by atoms with E-state index in [1.54, 1.807) is 0 Å². The number of ether oxygens (including phenoxy) is 1. The average molecular weight is 229 g/mol. The van der Waals surface area contributed by atoms with Gasteiger partial charge in [0, 0.05) is 11.8 Å². The highest BCUT2D eigenvalue weighted by molar-refractivity contribution is 5.84. The van der Waals surface area contributed by atoms with Crippen molar-refractivity contribution in [2.75, 3.05) is 5.32 Å². The second kappa shape index (κ2) is 4.24. The Labute approximate surface area is 100 Å². The van der Waals surface area contributed by atoms with E-state index in [-0.39, 0.29) is 18.1 Å². The zero-order valence-corrected chi connectivity index (χ0v) is 9.50. The summed E-state index contributed by atoms with van der Waals surface area (Å²) < 4.78 is 5.28. The van der Waals surface area contributed by atoms with Crippen molar-refractivity contribution in [1.82, 2.24) is 0 Å². The van der Waals surface area contributed by atoms with Gasteiger partial charge in [-0.05, 0) is 37.0 Å². The van der Waals surface area contributed by atoms with Gasteiger partial charge in [-0.2, -0.15) is 0 Å². The number of cyclic esters (lactones) is 1. The van der Waals surface area contributed by atoms with Crippen LogP contribution < -0.4 is 5.32 Å². The number of para-hydroxylation sites is 1. The fourth-order valence-electron chi connectivity index (χ4n) is 2.23. The normalized spacial score (nSPS) is 24.5. The van der Waals surface area contributed by atoms with Crippen LogP contribution in [0.3, 0.4) is 0 Å². The highest BCUT2D eigenvalue weighted by atomic mass is 16.5. The molecule has 1 aromatic carbocycles. The van der Waals surface area contributed by atoms with E-state index in [0.717, 1.165) is 5.69 Å². The van der Waals surface area contributed by atoms with Crippen LogP contribution in [0.15, 0.2) is 42.5 Å². The van der Waals surface area contributed by atoms with Crippen molar-refractivity contribution in [3.05, 3.63) is 42.5 Å². The van der Waals surface area contributed by atoms with Crippen molar-refractivity contribution in [2.45, 2.75) is 25.0 Å². The van der Waals surface area contributed by atoms with E-state index in [1.165, 1.54) is 18.9 Å². The summed E-state index contributed by atoms with van der Waals surface area (Å²) in [6.45, 7) is 0. The molecule has 1 heterocycles. The van der Waals surface area contributed by atoms with Gasteiger partial charge in [0.25, 0.3) is 0 Å². The number of anilines is 1. The minimum absolute atomic E-state index is 0.116. The molecule has 3 heteroatoms. The lowest BCUT2D eigenvalue weighted by atomic mass is 10.1. The van der Waals surface area contributed by atoms with Crippen LogP contribution in [-0.4, -0.2) is 18.1 Å².